The summed E-state index contributed by atoms with van der Waals surface area (Å²) in [6, 6.07) is 3.50. The van der Waals surface area contributed by atoms with Crippen molar-refractivity contribution in [3.8, 4) is 0 Å². The third-order valence-corrected chi connectivity index (χ3v) is 4.01. The molecule has 1 aromatic heterocycles. The van der Waals surface area contributed by atoms with Crippen LogP contribution in [0.15, 0.2) is 18.3 Å². The van der Waals surface area contributed by atoms with E-state index in [9.17, 15) is 4.79 Å². The first-order chi connectivity index (χ1) is 9.19. The van der Waals surface area contributed by atoms with Crippen molar-refractivity contribution in [2.24, 2.45) is 11.8 Å². The van der Waals surface area contributed by atoms with E-state index in [1.165, 1.54) is 25.7 Å². The summed E-state index contributed by atoms with van der Waals surface area (Å²) in [7, 11) is 0. The van der Waals surface area contributed by atoms with Gasteiger partial charge in [-0.15, -0.1) is 0 Å². The van der Waals surface area contributed by atoms with E-state index in [0.717, 1.165) is 24.4 Å². The normalized spacial score (nSPS) is 17.3. The molecule has 2 rings (SSSR count). The smallest absolute Gasteiger partial charge is 0.227 e. The van der Waals surface area contributed by atoms with E-state index in [1.807, 2.05) is 0 Å². The SMILES string of the molecule is CCC(CC1CCCC1)C(=O)Nc1ccc(N)nc1. The van der Waals surface area contributed by atoms with Crippen LogP contribution in [-0.4, -0.2) is 10.9 Å². The number of amides is 1. The predicted molar refractivity (Wildman–Crippen MR) is 77.6 cm³/mol. The Morgan fingerprint density at radius 1 is 1.47 bits per heavy atom. The summed E-state index contributed by atoms with van der Waals surface area (Å²) >= 11 is 0. The lowest BCUT2D eigenvalue weighted by Crippen LogP contribution is -2.24. The van der Waals surface area contributed by atoms with Gasteiger partial charge >= 0.3 is 0 Å². The summed E-state index contributed by atoms with van der Waals surface area (Å²) in [6.45, 7) is 2.08. The molecule has 1 aromatic rings. The molecule has 0 aliphatic heterocycles. The van der Waals surface area contributed by atoms with Crippen molar-refractivity contribution < 1.29 is 4.79 Å². The number of nitrogen functional groups attached to an aromatic ring is 1. The molecule has 1 heterocycles. The Labute approximate surface area is 114 Å². The lowest BCUT2D eigenvalue weighted by Gasteiger charge is -2.18. The first kappa shape index (κ1) is 13.8. The van der Waals surface area contributed by atoms with Crippen molar-refractivity contribution in [1.82, 2.24) is 4.98 Å². The summed E-state index contributed by atoms with van der Waals surface area (Å²) in [5.74, 6) is 1.43. The highest BCUT2D eigenvalue weighted by molar-refractivity contribution is 5.92. The Hall–Kier alpha value is -1.58. The van der Waals surface area contributed by atoms with Crippen LogP contribution in [0.25, 0.3) is 0 Å². The first-order valence-electron chi connectivity index (χ1n) is 7.21. The molecular weight excluding hydrogens is 238 g/mol. The molecule has 0 radical (unpaired) electrons. The van der Waals surface area contributed by atoms with Gasteiger partial charge in [-0.25, -0.2) is 4.98 Å². The highest BCUT2D eigenvalue weighted by Crippen LogP contribution is 2.31. The average molecular weight is 261 g/mol. The van der Waals surface area contributed by atoms with E-state index < -0.39 is 0 Å². The fourth-order valence-electron chi connectivity index (χ4n) is 2.83. The Bertz CT molecular complexity index is 410. The third-order valence-electron chi connectivity index (χ3n) is 4.01. The second-order valence-corrected chi connectivity index (χ2v) is 5.45. The van der Waals surface area contributed by atoms with E-state index in [2.05, 4.69) is 17.2 Å². The highest BCUT2D eigenvalue weighted by Gasteiger charge is 2.23. The van der Waals surface area contributed by atoms with E-state index in [-0.39, 0.29) is 11.8 Å². The number of nitrogens with zero attached hydrogens (tertiary/aromatic N) is 1. The number of nitrogens with one attached hydrogen (secondary N) is 1. The molecule has 1 fully saturated rings. The van der Waals surface area contributed by atoms with E-state index in [1.54, 1.807) is 18.3 Å². The average Bonchev–Trinajstić information content (AvgIpc) is 2.91. The van der Waals surface area contributed by atoms with Crippen LogP contribution in [-0.2, 0) is 4.79 Å². The zero-order valence-corrected chi connectivity index (χ0v) is 11.6. The van der Waals surface area contributed by atoms with Gasteiger partial charge in [-0.05, 0) is 30.9 Å². The van der Waals surface area contributed by atoms with Crippen LogP contribution in [0, 0.1) is 11.8 Å². The van der Waals surface area contributed by atoms with Crippen LogP contribution in [0.4, 0.5) is 11.5 Å². The molecule has 1 aliphatic carbocycles. The lowest BCUT2D eigenvalue weighted by atomic mass is 9.91. The number of pyridine rings is 1. The zero-order chi connectivity index (χ0) is 13.7. The number of aromatic nitrogens is 1. The van der Waals surface area contributed by atoms with Crippen molar-refractivity contribution in [3.63, 3.8) is 0 Å². The molecule has 1 amide bonds. The number of carbonyl (C=O) groups is 1. The number of hydrogen-bond donors (Lipinski definition) is 2. The van der Waals surface area contributed by atoms with E-state index in [0.29, 0.717) is 5.82 Å². The summed E-state index contributed by atoms with van der Waals surface area (Å²) in [5, 5.41) is 2.94. The summed E-state index contributed by atoms with van der Waals surface area (Å²) in [6.07, 6.45) is 8.74. The molecule has 1 atom stereocenters. The Balaban J connectivity index is 1.90. The Kier molecular flexibility index (Phi) is 4.77. The molecule has 4 heteroatoms. The molecule has 1 unspecified atom stereocenters. The molecule has 0 spiro atoms. The second kappa shape index (κ2) is 6.55. The molecule has 4 nitrogen and oxygen atoms in total. The molecule has 0 saturated heterocycles. The van der Waals surface area contributed by atoms with Crippen LogP contribution < -0.4 is 11.1 Å². The van der Waals surface area contributed by atoms with Gasteiger partial charge in [-0.3, -0.25) is 4.79 Å². The Morgan fingerprint density at radius 3 is 2.79 bits per heavy atom. The zero-order valence-electron chi connectivity index (χ0n) is 11.6. The maximum atomic E-state index is 12.2. The van der Waals surface area contributed by atoms with E-state index >= 15 is 0 Å². The number of carbonyl (C=O) groups excluding carboxylic acids is 1. The molecule has 1 aliphatic rings. The van der Waals surface area contributed by atoms with Crippen LogP contribution in [0.5, 0.6) is 0 Å². The van der Waals surface area contributed by atoms with Gasteiger partial charge in [0.1, 0.15) is 5.82 Å². The minimum Gasteiger partial charge on any atom is -0.384 e. The topological polar surface area (TPSA) is 68.0 Å². The van der Waals surface area contributed by atoms with Crippen LogP contribution in [0.1, 0.15) is 45.4 Å². The first-order valence-corrected chi connectivity index (χ1v) is 7.21. The minimum absolute atomic E-state index is 0.112. The fourth-order valence-corrected chi connectivity index (χ4v) is 2.83. The van der Waals surface area contributed by atoms with Crippen LogP contribution >= 0.6 is 0 Å². The summed E-state index contributed by atoms with van der Waals surface area (Å²) in [5.41, 5.74) is 6.25. The van der Waals surface area contributed by atoms with Crippen LogP contribution in [0.2, 0.25) is 0 Å². The fraction of sp³-hybridized carbons (Fsp3) is 0.600. The third kappa shape index (κ3) is 3.94. The number of rotatable bonds is 5. The number of anilines is 2. The van der Waals surface area contributed by atoms with Crippen molar-refractivity contribution >= 4 is 17.4 Å². The van der Waals surface area contributed by atoms with Gasteiger partial charge in [-0.1, -0.05) is 32.6 Å². The minimum atomic E-state index is 0.112. The lowest BCUT2D eigenvalue weighted by molar-refractivity contribution is -0.120. The molecular formula is C15H23N3O. The van der Waals surface area contributed by atoms with Gasteiger partial charge in [0.15, 0.2) is 0 Å². The van der Waals surface area contributed by atoms with E-state index in [4.69, 9.17) is 5.73 Å². The predicted octanol–water partition coefficient (Wildman–Crippen LogP) is 3.21. The van der Waals surface area contributed by atoms with Gasteiger partial charge in [-0.2, -0.15) is 0 Å². The van der Waals surface area contributed by atoms with Gasteiger partial charge in [0.25, 0.3) is 0 Å². The summed E-state index contributed by atoms with van der Waals surface area (Å²) in [4.78, 5) is 16.2. The van der Waals surface area contributed by atoms with Crippen LogP contribution in [0.3, 0.4) is 0 Å². The van der Waals surface area contributed by atoms with Gasteiger partial charge in [0.05, 0.1) is 11.9 Å². The van der Waals surface area contributed by atoms with Crippen molar-refractivity contribution in [3.05, 3.63) is 18.3 Å². The van der Waals surface area contributed by atoms with Gasteiger partial charge in [0, 0.05) is 5.92 Å². The second-order valence-electron chi connectivity index (χ2n) is 5.45. The molecule has 19 heavy (non-hydrogen) atoms. The molecule has 3 N–H and O–H groups in total. The largest absolute Gasteiger partial charge is 0.384 e. The highest BCUT2D eigenvalue weighted by atomic mass is 16.1. The Morgan fingerprint density at radius 2 is 2.21 bits per heavy atom. The molecule has 0 aromatic carbocycles. The van der Waals surface area contributed by atoms with Gasteiger partial charge < -0.3 is 11.1 Å². The number of nitrogens with two attached hydrogens (primary N) is 1. The summed E-state index contributed by atoms with van der Waals surface area (Å²) < 4.78 is 0. The van der Waals surface area contributed by atoms with Gasteiger partial charge in [0.2, 0.25) is 5.91 Å². The standard InChI is InChI=1S/C15H23N3O/c1-2-12(9-11-5-3-4-6-11)15(19)18-13-7-8-14(16)17-10-13/h7-8,10-12H,2-6,9H2,1H3,(H2,16,17)(H,18,19). The molecule has 0 bridgehead atoms. The number of hydrogen-bond acceptors (Lipinski definition) is 3. The molecule has 104 valence electrons. The maximum absolute atomic E-state index is 12.2. The maximum Gasteiger partial charge on any atom is 0.227 e. The van der Waals surface area contributed by atoms with Crippen molar-refractivity contribution in [1.29, 1.82) is 0 Å². The van der Waals surface area contributed by atoms with Crippen molar-refractivity contribution in [2.75, 3.05) is 11.1 Å². The molecule has 1 saturated carbocycles. The monoisotopic (exact) mass is 261 g/mol. The van der Waals surface area contributed by atoms with Crippen molar-refractivity contribution in [2.45, 2.75) is 45.4 Å². The quantitative estimate of drug-likeness (QED) is 0.855.